The number of nitrogens with zero attached hydrogens (tertiary/aromatic N) is 3. The molecule has 1 saturated heterocycles. The van der Waals surface area contributed by atoms with Crippen LogP contribution in [0.3, 0.4) is 0 Å². The van der Waals surface area contributed by atoms with E-state index in [1.54, 1.807) is 24.3 Å². The molecule has 0 bridgehead atoms. The summed E-state index contributed by atoms with van der Waals surface area (Å²) in [6.45, 7) is -0.813. The number of hydrogen-bond acceptors (Lipinski definition) is 6. The summed E-state index contributed by atoms with van der Waals surface area (Å²) in [5.74, 6) is -4.63. The molecular weight excluding hydrogens is 408 g/mol. The van der Waals surface area contributed by atoms with E-state index in [0.717, 1.165) is 4.90 Å². The highest BCUT2D eigenvalue weighted by molar-refractivity contribution is 6.08. The molecule has 2 heterocycles. The number of Topliss-reactive ketones (excluding diaryl/α,β-unsaturated/α-hetero) is 1. The van der Waals surface area contributed by atoms with Crippen molar-refractivity contribution in [3.05, 3.63) is 47.7 Å². The Balaban J connectivity index is 1.76. The molecule has 1 amide bonds. The van der Waals surface area contributed by atoms with Crippen LogP contribution < -0.4 is 0 Å². The fraction of sp³-hybridized carbons (Fsp3) is 0.318. The number of ketones is 1. The second-order valence-electron chi connectivity index (χ2n) is 7.14. The van der Waals surface area contributed by atoms with Gasteiger partial charge in [-0.3, -0.25) is 14.6 Å². The van der Waals surface area contributed by atoms with Crippen molar-refractivity contribution in [1.29, 1.82) is 5.26 Å². The van der Waals surface area contributed by atoms with Crippen LogP contribution in [0, 0.1) is 11.3 Å². The van der Waals surface area contributed by atoms with Gasteiger partial charge in [0.25, 0.3) is 5.92 Å². The molecule has 1 aliphatic rings. The average Bonchev–Trinajstić information content (AvgIpc) is 3.09. The molecule has 2 aromatic rings. The molecular formula is C22H19F2N3O4. The van der Waals surface area contributed by atoms with Crippen LogP contribution in [0.4, 0.5) is 8.78 Å². The second kappa shape index (κ2) is 9.00. The highest BCUT2D eigenvalue weighted by Crippen LogP contribution is 2.32. The molecule has 7 nitrogen and oxygen atoms in total. The van der Waals surface area contributed by atoms with Crippen LogP contribution in [0.25, 0.3) is 17.0 Å². The van der Waals surface area contributed by atoms with E-state index >= 15 is 0 Å². The van der Waals surface area contributed by atoms with Gasteiger partial charge in [0.15, 0.2) is 5.78 Å². The van der Waals surface area contributed by atoms with Gasteiger partial charge in [-0.2, -0.15) is 5.26 Å². The molecule has 0 unspecified atom stereocenters. The minimum atomic E-state index is -3.10. The Labute approximate surface area is 176 Å². The summed E-state index contributed by atoms with van der Waals surface area (Å²) in [5, 5.41) is 9.56. The monoisotopic (exact) mass is 427 g/mol. The first-order valence-electron chi connectivity index (χ1n) is 9.49. The molecule has 0 aliphatic carbocycles. The van der Waals surface area contributed by atoms with Crippen LogP contribution in [0.1, 0.15) is 35.2 Å². The van der Waals surface area contributed by atoms with Crippen molar-refractivity contribution in [3.63, 3.8) is 0 Å². The van der Waals surface area contributed by atoms with E-state index in [1.807, 2.05) is 0 Å². The zero-order chi connectivity index (χ0) is 22.6. The topological polar surface area (TPSA) is 100 Å². The number of carbonyl (C=O) groups excluding carboxylic acids is 3. The Morgan fingerprint density at radius 2 is 2.10 bits per heavy atom. The first-order valence-corrected chi connectivity index (χ1v) is 9.49. The maximum absolute atomic E-state index is 13.6. The number of aromatic nitrogens is 1. The molecule has 1 fully saturated rings. The number of hydrogen-bond donors (Lipinski definition) is 0. The number of fused-ring (bicyclic) bond motifs is 1. The molecule has 1 aliphatic heterocycles. The third-order valence-corrected chi connectivity index (χ3v) is 4.98. The van der Waals surface area contributed by atoms with Gasteiger partial charge in [-0.05, 0) is 29.8 Å². The Hall–Kier alpha value is -3.67. The Bertz CT molecular complexity index is 1110. The standard InChI is InChI=1S/C22H19F2N3O4/c1-31-21(30)7-3-14-2-4-18-17(10-14)16(8-9-26-18)19(28)5-6-20(29)27-13-22(23,24)11-15(27)12-25/h2-4,7-10,15H,5-6,11,13H2,1H3/b7-3+/t15-/m0/s1. The van der Waals surface area contributed by atoms with Crippen molar-refractivity contribution in [2.75, 3.05) is 13.7 Å². The van der Waals surface area contributed by atoms with Crippen molar-refractivity contribution >= 4 is 34.6 Å². The number of ether oxygens (including phenoxy) is 1. The van der Waals surface area contributed by atoms with Gasteiger partial charge in [0.1, 0.15) is 6.04 Å². The molecule has 0 saturated carbocycles. The summed E-state index contributed by atoms with van der Waals surface area (Å²) < 4.78 is 31.7. The van der Waals surface area contributed by atoms with Crippen molar-refractivity contribution in [2.45, 2.75) is 31.2 Å². The average molecular weight is 427 g/mol. The maximum atomic E-state index is 13.6. The number of benzene rings is 1. The summed E-state index contributed by atoms with van der Waals surface area (Å²) in [5.41, 5.74) is 1.53. The number of carbonyl (C=O) groups is 3. The summed E-state index contributed by atoms with van der Waals surface area (Å²) in [6, 6.07) is 7.15. The molecule has 9 heteroatoms. The molecule has 0 radical (unpaired) electrons. The van der Waals surface area contributed by atoms with Crippen molar-refractivity contribution in [2.24, 2.45) is 0 Å². The van der Waals surface area contributed by atoms with Gasteiger partial charge in [-0.15, -0.1) is 0 Å². The Morgan fingerprint density at radius 3 is 2.81 bits per heavy atom. The van der Waals surface area contributed by atoms with E-state index in [1.165, 1.54) is 31.5 Å². The molecule has 3 rings (SSSR count). The summed E-state index contributed by atoms with van der Waals surface area (Å²) in [4.78, 5) is 41.5. The second-order valence-corrected chi connectivity index (χ2v) is 7.14. The van der Waals surface area contributed by atoms with E-state index in [2.05, 4.69) is 9.72 Å². The minimum absolute atomic E-state index is 0.194. The lowest BCUT2D eigenvalue weighted by atomic mass is 10.00. The molecule has 0 N–H and O–H groups in total. The Morgan fingerprint density at radius 1 is 1.32 bits per heavy atom. The van der Waals surface area contributed by atoms with E-state index in [4.69, 9.17) is 5.26 Å². The zero-order valence-electron chi connectivity index (χ0n) is 16.7. The smallest absolute Gasteiger partial charge is 0.330 e. The summed E-state index contributed by atoms with van der Waals surface area (Å²) >= 11 is 0. The van der Waals surface area contributed by atoms with Crippen LogP contribution >= 0.6 is 0 Å². The van der Waals surface area contributed by atoms with Crippen LogP contribution in [0.2, 0.25) is 0 Å². The van der Waals surface area contributed by atoms with Crippen LogP contribution in [-0.4, -0.2) is 53.2 Å². The molecule has 1 aromatic carbocycles. The lowest BCUT2D eigenvalue weighted by molar-refractivity contribution is -0.135. The molecule has 1 atom stereocenters. The lowest BCUT2D eigenvalue weighted by Gasteiger charge is -2.18. The molecule has 1 aromatic heterocycles. The minimum Gasteiger partial charge on any atom is -0.466 e. The van der Waals surface area contributed by atoms with Crippen molar-refractivity contribution in [3.8, 4) is 6.07 Å². The van der Waals surface area contributed by atoms with Gasteiger partial charge in [0.2, 0.25) is 5.91 Å². The number of halogens is 2. The number of pyridine rings is 1. The predicted molar refractivity (Wildman–Crippen MR) is 107 cm³/mol. The van der Waals surface area contributed by atoms with Crippen LogP contribution in [0.5, 0.6) is 0 Å². The van der Waals surface area contributed by atoms with Gasteiger partial charge in [0, 0.05) is 42.5 Å². The Kier molecular flexibility index (Phi) is 6.39. The largest absolute Gasteiger partial charge is 0.466 e. The van der Waals surface area contributed by atoms with Gasteiger partial charge in [-0.25, -0.2) is 13.6 Å². The number of amides is 1. The number of likely N-dealkylation sites (tertiary alicyclic amines) is 1. The quantitative estimate of drug-likeness (QED) is 0.399. The SMILES string of the molecule is COC(=O)/C=C/c1ccc2nccc(C(=O)CCC(=O)N3CC(F)(F)C[C@H]3C#N)c2c1. The normalized spacial score (nSPS) is 17.6. The summed E-state index contributed by atoms with van der Waals surface area (Å²) in [7, 11) is 1.26. The molecule has 0 spiro atoms. The molecule has 31 heavy (non-hydrogen) atoms. The van der Waals surface area contributed by atoms with E-state index < -0.39 is 36.8 Å². The highest BCUT2D eigenvalue weighted by atomic mass is 19.3. The van der Waals surface area contributed by atoms with Crippen LogP contribution in [-0.2, 0) is 14.3 Å². The first kappa shape index (κ1) is 22.0. The lowest BCUT2D eigenvalue weighted by Crippen LogP contribution is -2.36. The zero-order valence-corrected chi connectivity index (χ0v) is 16.7. The number of esters is 1. The maximum Gasteiger partial charge on any atom is 0.330 e. The first-order chi connectivity index (χ1) is 14.7. The number of methoxy groups -OCH3 is 1. The van der Waals surface area contributed by atoms with Crippen LogP contribution in [0.15, 0.2) is 36.5 Å². The van der Waals surface area contributed by atoms with Crippen molar-refractivity contribution < 1.29 is 27.9 Å². The van der Waals surface area contributed by atoms with Gasteiger partial charge in [0.05, 0.1) is 25.2 Å². The number of alkyl halides is 2. The fourth-order valence-electron chi connectivity index (χ4n) is 3.44. The van der Waals surface area contributed by atoms with Gasteiger partial charge in [-0.1, -0.05) is 6.07 Å². The number of nitriles is 1. The number of rotatable bonds is 6. The highest BCUT2D eigenvalue weighted by Gasteiger charge is 2.47. The van der Waals surface area contributed by atoms with Gasteiger partial charge >= 0.3 is 5.97 Å². The van der Waals surface area contributed by atoms with Crippen molar-refractivity contribution in [1.82, 2.24) is 9.88 Å². The molecule has 160 valence electrons. The van der Waals surface area contributed by atoms with E-state index in [0.29, 0.717) is 22.0 Å². The fourth-order valence-corrected chi connectivity index (χ4v) is 3.44. The van der Waals surface area contributed by atoms with E-state index in [9.17, 15) is 23.2 Å². The third kappa shape index (κ3) is 5.09. The van der Waals surface area contributed by atoms with E-state index in [-0.39, 0.29) is 18.6 Å². The predicted octanol–water partition coefficient (Wildman–Crippen LogP) is 3.14. The summed E-state index contributed by atoms with van der Waals surface area (Å²) in [6.07, 6.45) is 3.08. The van der Waals surface area contributed by atoms with Gasteiger partial charge < -0.3 is 9.64 Å². The third-order valence-electron chi connectivity index (χ3n) is 4.98.